The highest BCUT2D eigenvalue weighted by Gasteiger charge is 2.41. The molecule has 0 spiro atoms. The quantitative estimate of drug-likeness (QED) is 0.578. The van der Waals surface area contributed by atoms with Gasteiger partial charge in [0.2, 0.25) is 17.7 Å². The molecule has 9 nitrogen and oxygen atoms in total. The lowest BCUT2D eigenvalue weighted by molar-refractivity contribution is -0.142. The number of halogens is 1. The molecule has 1 aromatic carbocycles. The molecule has 190 valence electrons. The number of aryl methyl sites for hydroxylation is 1. The summed E-state index contributed by atoms with van der Waals surface area (Å²) in [6, 6.07) is 5.51. The standard InChI is InChI=1S/C25H33ClN4O5/c1-16-4-5-21(9-22(16)26)30(25(35)18-8-23(32)29(12-18)15-24(33)34)7-3-6-27-10-19-13-28(17(2)31)14-20(19)11-27/h4-5,9,18-20H,3,6-8,10-15H2,1-2H3,(H,33,34). The molecule has 1 aromatic rings. The Kier molecular flexibility index (Phi) is 7.66. The summed E-state index contributed by atoms with van der Waals surface area (Å²) in [5.41, 5.74) is 1.60. The average Bonchev–Trinajstić information content (AvgIpc) is 3.46. The van der Waals surface area contributed by atoms with E-state index in [2.05, 4.69) is 4.90 Å². The van der Waals surface area contributed by atoms with Gasteiger partial charge in [0.1, 0.15) is 6.54 Å². The number of amides is 3. The fourth-order valence-electron chi connectivity index (χ4n) is 5.57. The molecule has 4 rings (SSSR count). The summed E-state index contributed by atoms with van der Waals surface area (Å²) in [6.45, 7) is 8.13. The Morgan fingerprint density at radius 2 is 1.80 bits per heavy atom. The fraction of sp³-hybridized carbons (Fsp3) is 0.600. The van der Waals surface area contributed by atoms with Crippen molar-refractivity contribution in [1.82, 2.24) is 14.7 Å². The van der Waals surface area contributed by atoms with Crippen LogP contribution in [-0.4, -0.2) is 95.9 Å². The fourth-order valence-corrected chi connectivity index (χ4v) is 5.75. The van der Waals surface area contributed by atoms with E-state index in [-0.39, 0.29) is 30.7 Å². The summed E-state index contributed by atoms with van der Waals surface area (Å²) in [6.07, 6.45) is 0.775. The third-order valence-electron chi connectivity index (χ3n) is 7.49. The molecule has 10 heteroatoms. The number of anilines is 1. The molecule has 1 N–H and O–H groups in total. The first kappa shape index (κ1) is 25.4. The van der Waals surface area contributed by atoms with E-state index >= 15 is 0 Å². The highest BCUT2D eigenvalue weighted by atomic mass is 35.5. The predicted molar refractivity (Wildman–Crippen MR) is 131 cm³/mol. The van der Waals surface area contributed by atoms with Crippen molar-refractivity contribution in [2.75, 3.05) is 57.3 Å². The number of carbonyl (C=O) groups excluding carboxylic acids is 3. The number of hydrogen-bond donors (Lipinski definition) is 1. The Bertz CT molecular complexity index is 1000. The highest BCUT2D eigenvalue weighted by molar-refractivity contribution is 6.31. The van der Waals surface area contributed by atoms with Gasteiger partial charge in [-0.15, -0.1) is 0 Å². The third-order valence-corrected chi connectivity index (χ3v) is 7.89. The summed E-state index contributed by atoms with van der Waals surface area (Å²) in [4.78, 5) is 55.8. The first-order valence-electron chi connectivity index (χ1n) is 12.2. The molecule has 3 unspecified atom stereocenters. The van der Waals surface area contributed by atoms with Gasteiger partial charge < -0.3 is 24.7 Å². The lowest BCUT2D eigenvalue weighted by Gasteiger charge is -2.27. The minimum atomic E-state index is -1.09. The summed E-state index contributed by atoms with van der Waals surface area (Å²) in [5, 5.41) is 9.62. The van der Waals surface area contributed by atoms with Crippen molar-refractivity contribution in [1.29, 1.82) is 0 Å². The van der Waals surface area contributed by atoms with E-state index in [9.17, 15) is 19.2 Å². The molecule has 0 radical (unpaired) electrons. The molecule has 0 aliphatic carbocycles. The number of rotatable bonds is 8. The highest BCUT2D eigenvalue weighted by Crippen LogP contribution is 2.32. The Hall–Kier alpha value is -2.65. The Morgan fingerprint density at radius 3 is 2.40 bits per heavy atom. The van der Waals surface area contributed by atoms with E-state index in [1.807, 2.05) is 24.0 Å². The van der Waals surface area contributed by atoms with Gasteiger partial charge in [-0.1, -0.05) is 17.7 Å². The molecule has 3 atom stereocenters. The molecule has 35 heavy (non-hydrogen) atoms. The molecule has 3 fully saturated rings. The lowest BCUT2D eigenvalue weighted by Crippen LogP contribution is -2.40. The topological polar surface area (TPSA) is 101 Å². The minimum Gasteiger partial charge on any atom is -0.480 e. The van der Waals surface area contributed by atoms with Crippen LogP contribution in [0.5, 0.6) is 0 Å². The number of likely N-dealkylation sites (tertiary alicyclic amines) is 3. The van der Waals surface area contributed by atoms with Gasteiger partial charge in [-0.05, 0) is 49.4 Å². The Labute approximate surface area is 210 Å². The van der Waals surface area contributed by atoms with Crippen molar-refractivity contribution in [2.24, 2.45) is 17.8 Å². The lowest BCUT2D eigenvalue weighted by atomic mass is 10.0. The molecular formula is C25H33ClN4O5. The Balaban J connectivity index is 1.39. The summed E-state index contributed by atoms with van der Waals surface area (Å²) < 4.78 is 0. The van der Waals surface area contributed by atoms with Gasteiger partial charge >= 0.3 is 5.97 Å². The van der Waals surface area contributed by atoms with Crippen LogP contribution < -0.4 is 4.90 Å². The van der Waals surface area contributed by atoms with Crippen molar-refractivity contribution in [2.45, 2.75) is 26.7 Å². The van der Waals surface area contributed by atoms with Crippen molar-refractivity contribution >= 4 is 41.0 Å². The zero-order valence-electron chi connectivity index (χ0n) is 20.3. The number of carbonyl (C=O) groups is 4. The van der Waals surface area contributed by atoms with Gasteiger partial charge in [-0.2, -0.15) is 0 Å². The number of benzene rings is 1. The zero-order valence-corrected chi connectivity index (χ0v) is 21.0. The summed E-state index contributed by atoms with van der Waals surface area (Å²) in [7, 11) is 0. The molecular weight excluding hydrogens is 472 g/mol. The monoisotopic (exact) mass is 504 g/mol. The average molecular weight is 505 g/mol. The normalized spacial score (nSPS) is 24.2. The van der Waals surface area contributed by atoms with Crippen LogP contribution >= 0.6 is 11.6 Å². The van der Waals surface area contributed by atoms with Crippen molar-refractivity contribution in [3.05, 3.63) is 28.8 Å². The molecule has 3 aliphatic rings. The largest absolute Gasteiger partial charge is 0.480 e. The van der Waals surface area contributed by atoms with E-state index in [1.54, 1.807) is 17.9 Å². The second-order valence-electron chi connectivity index (χ2n) is 10.0. The SMILES string of the molecule is CC(=O)N1CC2CN(CCCN(C(=O)C3CC(=O)N(CC(=O)O)C3)c3ccc(C)c(Cl)c3)CC2C1. The van der Waals surface area contributed by atoms with Crippen molar-refractivity contribution < 1.29 is 24.3 Å². The Morgan fingerprint density at radius 1 is 1.11 bits per heavy atom. The molecule has 3 amide bonds. The van der Waals surface area contributed by atoms with Crippen LogP contribution in [0, 0.1) is 24.7 Å². The van der Waals surface area contributed by atoms with E-state index in [0.29, 0.717) is 29.1 Å². The van der Waals surface area contributed by atoms with Crippen LogP contribution in [0.25, 0.3) is 0 Å². The summed E-state index contributed by atoms with van der Waals surface area (Å²) >= 11 is 6.35. The molecule has 3 saturated heterocycles. The molecule has 3 aliphatic heterocycles. The number of fused-ring (bicyclic) bond motifs is 1. The van der Waals surface area contributed by atoms with Crippen LogP contribution in [0.2, 0.25) is 5.02 Å². The molecule has 0 aromatic heterocycles. The van der Waals surface area contributed by atoms with E-state index in [0.717, 1.165) is 44.7 Å². The second-order valence-corrected chi connectivity index (χ2v) is 10.5. The predicted octanol–water partition coefficient (Wildman–Crippen LogP) is 1.71. The number of carboxylic acids is 1. The van der Waals surface area contributed by atoms with Crippen LogP contribution in [0.1, 0.15) is 25.3 Å². The van der Waals surface area contributed by atoms with Gasteiger partial charge in [0.25, 0.3) is 0 Å². The first-order chi connectivity index (χ1) is 16.6. The molecule has 0 bridgehead atoms. The number of hydrogen-bond acceptors (Lipinski definition) is 5. The van der Waals surface area contributed by atoms with Gasteiger partial charge in [0, 0.05) is 63.3 Å². The van der Waals surface area contributed by atoms with E-state index in [4.69, 9.17) is 16.7 Å². The second kappa shape index (κ2) is 10.5. The van der Waals surface area contributed by atoms with Crippen molar-refractivity contribution in [3.8, 4) is 0 Å². The third kappa shape index (κ3) is 5.78. The number of nitrogens with zero attached hydrogens (tertiary/aromatic N) is 4. The summed E-state index contributed by atoms with van der Waals surface area (Å²) in [5.74, 6) is -0.989. The van der Waals surface area contributed by atoms with Gasteiger partial charge in [0.15, 0.2) is 0 Å². The van der Waals surface area contributed by atoms with Gasteiger partial charge in [-0.3, -0.25) is 19.2 Å². The number of aliphatic carboxylic acids is 1. The molecule has 3 heterocycles. The van der Waals surface area contributed by atoms with Gasteiger partial charge in [-0.25, -0.2) is 0 Å². The van der Waals surface area contributed by atoms with Crippen LogP contribution in [-0.2, 0) is 19.2 Å². The zero-order chi connectivity index (χ0) is 25.3. The van der Waals surface area contributed by atoms with E-state index in [1.165, 1.54) is 4.90 Å². The first-order valence-corrected chi connectivity index (χ1v) is 12.5. The minimum absolute atomic E-state index is 0.0182. The van der Waals surface area contributed by atoms with E-state index < -0.39 is 18.4 Å². The maximum atomic E-state index is 13.5. The molecule has 0 saturated carbocycles. The van der Waals surface area contributed by atoms with Crippen LogP contribution in [0.4, 0.5) is 5.69 Å². The maximum Gasteiger partial charge on any atom is 0.323 e. The maximum absolute atomic E-state index is 13.5. The van der Waals surface area contributed by atoms with Gasteiger partial charge in [0.05, 0.1) is 5.92 Å². The van der Waals surface area contributed by atoms with Crippen LogP contribution in [0.3, 0.4) is 0 Å². The smallest absolute Gasteiger partial charge is 0.323 e. The van der Waals surface area contributed by atoms with Crippen molar-refractivity contribution in [3.63, 3.8) is 0 Å². The van der Waals surface area contributed by atoms with Crippen LogP contribution in [0.15, 0.2) is 18.2 Å². The number of carboxylic acid groups (broad SMARTS) is 1.